The summed E-state index contributed by atoms with van der Waals surface area (Å²) in [6.07, 6.45) is -0.319. The lowest BCUT2D eigenvalue weighted by molar-refractivity contribution is 0.133. The van der Waals surface area contributed by atoms with Gasteiger partial charge in [0.2, 0.25) is 0 Å². The van der Waals surface area contributed by atoms with Crippen molar-refractivity contribution in [1.29, 1.82) is 0 Å². The predicted molar refractivity (Wildman–Crippen MR) is 29.9 cm³/mol. The maximum absolute atomic E-state index is 8.81. The SMILES string of the molecule is CC(C)C(O)CN. The Morgan fingerprint density at radius 3 is 2.00 bits per heavy atom. The van der Waals surface area contributed by atoms with Crippen LogP contribution in [0.2, 0.25) is 0 Å². The van der Waals surface area contributed by atoms with Gasteiger partial charge in [0.25, 0.3) is 0 Å². The molecule has 0 aliphatic rings. The summed E-state index contributed by atoms with van der Waals surface area (Å²) in [5.74, 6) is 0.296. The highest BCUT2D eigenvalue weighted by molar-refractivity contribution is 4.57. The predicted octanol–water partition coefficient (Wildman–Crippen LogP) is -0.0380. The zero-order valence-corrected chi connectivity index (χ0v) is 4.89. The molecule has 1 unspecified atom stereocenters. The van der Waals surface area contributed by atoms with Crippen molar-refractivity contribution in [1.82, 2.24) is 0 Å². The molecule has 0 aromatic carbocycles. The minimum Gasteiger partial charge on any atom is -0.392 e. The second-order valence-corrected chi connectivity index (χ2v) is 2.05. The molecule has 0 aromatic heterocycles. The first-order valence-corrected chi connectivity index (χ1v) is 2.56. The molecule has 0 fully saturated rings. The monoisotopic (exact) mass is 103 g/mol. The van der Waals surface area contributed by atoms with Crippen LogP contribution >= 0.6 is 0 Å². The summed E-state index contributed by atoms with van der Waals surface area (Å²) in [6.45, 7) is 4.26. The molecule has 2 heteroatoms. The van der Waals surface area contributed by atoms with Crippen LogP contribution in [0.4, 0.5) is 0 Å². The molecule has 44 valence electrons. The van der Waals surface area contributed by atoms with Gasteiger partial charge >= 0.3 is 0 Å². The van der Waals surface area contributed by atoms with Gasteiger partial charge in [0.1, 0.15) is 0 Å². The number of hydrogen-bond acceptors (Lipinski definition) is 2. The quantitative estimate of drug-likeness (QED) is 0.515. The van der Waals surface area contributed by atoms with Crippen molar-refractivity contribution in [2.45, 2.75) is 20.0 Å². The van der Waals surface area contributed by atoms with E-state index in [2.05, 4.69) is 0 Å². The Morgan fingerprint density at radius 2 is 2.00 bits per heavy atom. The number of nitrogens with two attached hydrogens (primary N) is 1. The lowest BCUT2D eigenvalue weighted by Crippen LogP contribution is -2.24. The second-order valence-electron chi connectivity index (χ2n) is 2.05. The molecule has 0 spiro atoms. The molecule has 0 rings (SSSR count). The Bertz CT molecular complexity index is 45.3. The van der Waals surface area contributed by atoms with E-state index in [1.165, 1.54) is 0 Å². The molecule has 0 aliphatic heterocycles. The van der Waals surface area contributed by atoms with Crippen molar-refractivity contribution in [3.8, 4) is 0 Å². The minimum atomic E-state index is -0.319. The first-order valence-electron chi connectivity index (χ1n) is 2.56. The Balaban J connectivity index is 3.14. The van der Waals surface area contributed by atoms with E-state index < -0.39 is 0 Å². The van der Waals surface area contributed by atoms with Crippen LogP contribution in [0, 0.1) is 5.92 Å². The fraction of sp³-hybridized carbons (Fsp3) is 1.00. The van der Waals surface area contributed by atoms with E-state index in [4.69, 9.17) is 10.8 Å². The van der Waals surface area contributed by atoms with Crippen molar-refractivity contribution in [2.24, 2.45) is 11.7 Å². The largest absolute Gasteiger partial charge is 0.392 e. The fourth-order valence-corrected chi connectivity index (χ4v) is 0.272. The van der Waals surface area contributed by atoms with Gasteiger partial charge in [-0.2, -0.15) is 0 Å². The van der Waals surface area contributed by atoms with E-state index in [0.717, 1.165) is 0 Å². The highest BCUT2D eigenvalue weighted by atomic mass is 16.3. The summed E-state index contributed by atoms with van der Waals surface area (Å²) in [5, 5.41) is 8.81. The molecule has 1 atom stereocenters. The Morgan fingerprint density at radius 1 is 1.57 bits per heavy atom. The van der Waals surface area contributed by atoms with Crippen LogP contribution in [0.15, 0.2) is 0 Å². The Kier molecular flexibility index (Phi) is 2.96. The third-order valence-electron chi connectivity index (χ3n) is 1.01. The summed E-state index contributed by atoms with van der Waals surface area (Å²) >= 11 is 0. The first kappa shape index (κ1) is 6.92. The van der Waals surface area contributed by atoms with Gasteiger partial charge in [-0.15, -0.1) is 0 Å². The molecule has 0 saturated heterocycles. The Hall–Kier alpha value is -0.0800. The maximum Gasteiger partial charge on any atom is 0.0685 e. The molecular weight excluding hydrogens is 90.1 g/mol. The summed E-state index contributed by atoms with van der Waals surface area (Å²) in [6, 6.07) is 0. The molecule has 0 radical (unpaired) electrons. The summed E-state index contributed by atoms with van der Waals surface area (Å²) in [5.41, 5.74) is 5.12. The van der Waals surface area contributed by atoms with Gasteiger partial charge in [-0.25, -0.2) is 0 Å². The highest BCUT2D eigenvalue weighted by Gasteiger charge is 2.03. The number of aliphatic hydroxyl groups excluding tert-OH is 1. The zero-order valence-electron chi connectivity index (χ0n) is 4.89. The van der Waals surface area contributed by atoms with Crippen LogP contribution in [0.5, 0.6) is 0 Å². The van der Waals surface area contributed by atoms with Gasteiger partial charge in [-0.05, 0) is 5.92 Å². The molecule has 7 heavy (non-hydrogen) atoms. The van der Waals surface area contributed by atoms with Gasteiger partial charge < -0.3 is 10.8 Å². The van der Waals surface area contributed by atoms with Crippen LogP contribution in [0.3, 0.4) is 0 Å². The number of aliphatic hydroxyl groups is 1. The molecule has 0 bridgehead atoms. The number of hydrogen-bond donors (Lipinski definition) is 2. The average Bonchev–Trinajstić information content (AvgIpc) is 1.65. The third-order valence-corrected chi connectivity index (χ3v) is 1.01. The molecule has 0 aromatic rings. The van der Waals surface area contributed by atoms with Gasteiger partial charge in [0.15, 0.2) is 0 Å². The first-order chi connectivity index (χ1) is 3.18. The molecule has 0 aliphatic carbocycles. The van der Waals surface area contributed by atoms with E-state index in [0.29, 0.717) is 12.5 Å². The van der Waals surface area contributed by atoms with Crippen LogP contribution in [0.1, 0.15) is 13.8 Å². The van der Waals surface area contributed by atoms with Crippen LogP contribution in [-0.2, 0) is 0 Å². The van der Waals surface area contributed by atoms with Crippen molar-refractivity contribution in [2.75, 3.05) is 6.54 Å². The molecular formula is C5H13NO. The summed E-state index contributed by atoms with van der Waals surface area (Å²) in [7, 11) is 0. The lowest BCUT2D eigenvalue weighted by atomic mass is 10.1. The molecule has 3 N–H and O–H groups in total. The van der Waals surface area contributed by atoms with Crippen molar-refractivity contribution in [3.05, 3.63) is 0 Å². The van der Waals surface area contributed by atoms with Crippen LogP contribution in [0.25, 0.3) is 0 Å². The zero-order chi connectivity index (χ0) is 5.86. The lowest BCUT2D eigenvalue weighted by Gasteiger charge is -2.09. The third kappa shape index (κ3) is 2.60. The van der Waals surface area contributed by atoms with Gasteiger partial charge in [0, 0.05) is 6.54 Å². The van der Waals surface area contributed by atoms with Crippen molar-refractivity contribution >= 4 is 0 Å². The minimum absolute atomic E-state index is 0.296. The van der Waals surface area contributed by atoms with Crippen LogP contribution < -0.4 is 5.73 Å². The molecule has 0 heterocycles. The van der Waals surface area contributed by atoms with Crippen molar-refractivity contribution in [3.63, 3.8) is 0 Å². The smallest absolute Gasteiger partial charge is 0.0685 e. The number of rotatable bonds is 2. The Labute approximate surface area is 44.3 Å². The normalized spacial score (nSPS) is 15.0. The van der Waals surface area contributed by atoms with Gasteiger partial charge in [0.05, 0.1) is 6.10 Å². The second kappa shape index (κ2) is 2.99. The highest BCUT2D eigenvalue weighted by Crippen LogP contribution is 1.96. The summed E-state index contributed by atoms with van der Waals surface area (Å²) in [4.78, 5) is 0. The van der Waals surface area contributed by atoms with Gasteiger partial charge in [-0.1, -0.05) is 13.8 Å². The molecule has 0 amide bonds. The molecule has 0 saturated carbocycles. The average molecular weight is 103 g/mol. The van der Waals surface area contributed by atoms with Crippen molar-refractivity contribution < 1.29 is 5.11 Å². The van der Waals surface area contributed by atoms with Gasteiger partial charge in [-0.3, -0.25) is 0 Å². The van der Waals surface area contributed by atoms with E-state index in [1.807, 2.05) is 13.8 Å². The van der Waals surface area contributed by atoms with E-state index in [9.17, 15) is 0 Å². The van der Waals surface area contributed by atoms with E-state index in [1.54, 1.807) is 0 Å². The maximum atomic E-state index is 8.81. The standard InChI is InChI=1S/C5H13NO/c1-4(2)5(7)3-6/h4-5,7H,3,6H2,1-2H3. The van der Waals surface area contributed by atoms with Crippen LogP contribution in [-0.4, -0.2) is 17.8 Å². The summed E-state index contributed by atoms with van der Waals surface area (Å²) < 4.78 is 0. The molecule has 2 nitrogen and oxygen atoms in total. The van der Waals surface area contributed by atoms with E-state index >= 15 is 0 Å². The topological polar surface area (TPSA) is 46.2 Å². The fourth-order valence-electron chi connectivity index (χ4n) is 0.272. The van der Waals surface area contributed by atoms with E-state index in [-0.39, 0.29) is 6.10 Å².